The molecule has 0 spiro atoms. The molecule has 0 aromatic heterocycles. The van der Waals surface area contributed by atoms with Gasteiger partial charge in [-0.15, -0.1) is 0 Å². The van der Waals surface area contributed by atoms with Gasteiger partial charge < -0.3 is 9.47 Å². The molecule has 1 rings (SSSR count). The zero-order valence-electron chi connectivity index (χ0n) is 8.12. The van der Waals surface area contributed by atoms with E-state index in [0.29, 0.717) is 6.61 Å². The van der Waals surface area contributed by atoms with Crippen molar-refractivity contribution in [3.63, 3.8) is 0 Å². The van der Waals surface area contributed by atoms with Crippen LogP contribution in [0.5, 0.6) is 0 Å². The van der Waals surface area contributed by atoms with Crippen LogP contribution in [-0.2, 0) is 19.1 Å². The van der Waals surface area contributed by atoms with Gasteiger partial charge in [0.05, 0.1) is 12.0 Å². The van der Waals surface area contributed by atoms with E-state index in [4.69, 9.17) is 9.47 Å². The molecule has 0 saturated carbocycles. The summed E-state index contributed by atoms with van der Waals surface area (Å²) in [6, 6.07) is 0. The molecular formula is C9H14O4. The molecule has 1 aliphatic rings. The second-order valence-corrected chi connectivity index (χ2v) is 3.62. The number of ether oxygens (including phenoxy) is 2. The van der Waals surface area contributed by atoms with Gasteiger partial charge in [-0.2, -0.15) is 0 Å². The van der Waals surface area contributed by atoms with Gasteiger partial charge in [0.2, 0.25) is 0 Å². The molecule has 0 aliphatic carbocycles. The lowest BCUT2D eigenvalue weighted by Gasteiger charge is -2.19. The fourth-order valence-electron chi connectivity index (χ4n) is 1.30. The van der Waals surface area contributed by atoms with Crippen LogP contribution >= 0.6 is 0 Å². The third-order valence-corrected chi connectivity index (χ3v) is 2.35. The molecular weight excluding hydrogens is 172 g/mol. The van der Waals surface area contributed by atoms with Gasteiger partial charge in [-0.1, -0.05) is 0 Å². The van der Waals surface area contributed by atoms with Gasteiger partial charge in [0.25, 0.3) is 0 Å². The van der Waals surface area contributed by atoms with E-state index in [9.17, 15) is 9.59 Å². The van der Waals surface area contributed by atoms with Crippen LogP contribution in [0.4, 0.5) is 0 Å². The van der Waals surface area contributed by atoms with Crippen molar-refractivity contribution < 1.29 is 19.1 Å². The summed E-state index contributed by atoms with van der Waals surface area (Å²) in [5, 5.41) is 0. The van der Waals surface area contributed by atoms with Crippen LogP contribution in [0.25, 0.3) is 0 Å². The number of carbonyl (C=O) groups is 2. The highest BCUT2D eigenvalue weighted by Crippen LogP contribution is 2.35. The predicted molar refractivity (Wildman–Crippen MR) is 44.9 cm³/mol. The zero-order chi connectivity index (χ0) is 10.1. The fraction of sp³-hybridized carbons (Fsp3) is 0.778. The Labute approximate surface area is 77.2 Å². The summed E-state index contributed by atoms with van der Waals surface area (Å²) in [7, 11) is 0. The first kappa shape index (κ1) is 10.0. The summed E-state index contributed by atoms with van der Waals surface area (Å²) in [5.74, 6) is -1.14. The second kappa shape index (κ2) is 3.36. The minimum Gasteiger partial charge on any atom is -0.466 e. The predicted octanol–water partition coefficient (Wildman–Crippen LogP) is 0.749. The highest BCUT2D eigenvalue weighted by atomic mass is 16.6. The third-order valence-electron chi connectivity index (χ3n) is 2.35. The number of hydrogen-bond acceptors (Lipinski definition) is 4. The van der Waals surface area contributed by atoms with Crippen molar-refractivity contribution in [2.24, 2.45) is 11.3 Å². The van der Waals surface area contributed by atoms with Crippen LogP contribution in [-0.4, -0.2) is 25.2 Å². The lowest BCUT2D eigenvalue weighted by molar-refractivity contribution is -0.153. The Bertz CT molecular complexity index is 232. The molecule has 1 saturated heterocycles. The van der Waals surface area contributed by atoms with Crippen LogP contribution < -0.4 is 0 Å². The minimum atomic E-state index is -0.744. The van der Waals surface area contributed by atoms with E-state index >= 15 is 0 Å². The summed E-state index contributed by atoms with van der Waals surface area (Å²) >= 11 is 0. The van der Waals surface area contributed by atoms with Gasteiger partial charge >= 0.3 is 11.9 Å². The van der Waals surface area contributed by atoms with E-state index in [1.54, 1.807) is 20.8 Å². The summed E-state index contributed by atoms with van der Waals surface area (Å²) in [5.41, 5.74) is -0.744. The molecule has 1 atom stereocenters. The first-order valence-corrected chi connectivity index (χ1v) is 4.34. The zero-order valence-corrected chi connectivity index (χ0v) is 8.12. The van der Waals surface area contributed by atoms with Gasteiger partial charge in [0, 0.05) is 0 Å². The molecule has 1 heterocycles. The number of rotatable bonds is 2. The smallest absolute Gasteiger partial charge is 0.313 e. The van der Waals surface area contributed by atoms with E-state index in [0.717, 1.165) is 0 Å². The second-order valence-electron chi connectivity index (χ2n) is 3.62. The molecule has 0 unspecified atom stereocenters. The average Bonchev–Trinajstić information content (AvgIpc) is 2.28. The van der Waals surface area contributed by atoms with Crippen LogP contribution in [0.15, 0.2) is 0 Å². The Morgan fingerprint density at radius 2 is 2.31 bits per heavy atom. The van der Waals surface area contributed by atoms with Crippen LogP contribution in [0.1, 0.15) is 20.8 Å². The number of hydrogen-bond donors (Lipinski definition) is 0. The summed E-state index contributed by atoms with van der Waals surface area (Å²) in [6.45, 7) is 5.61. The summed E-state index contributed by atoms with van der Waals surface area (Å²) in [6.07, 6.45) is 0. The van der Waals surface area contributed by atoms with Gasteiger partial charge in [-0.3, -0.25) is 9.59 Å². The maximum atomic E-state index is 11.4. The van der Waals surface area contributed by atoms with Crippen molar-refractivity contribution in [3.05, 3.63) is 0 Å². The molecule has 0 aromatic rings. The summed E-state index contributed by atoms with van der Waals surface area (Å²) in [4.78, 5) is 22.5. The highest BCUT2D eigenvalue weighted by Gasteiger charge is 2.49. The normalized spacial score (nSPS) is 25.5. The van der Waals surface area contributed by atoms with Gasteiger partial charge in [0.1, 0.15) is 12.5 Å². The Morgan fingerprint density at radius 1 is 1.69 bits per heavy atom. The van der Waals surface area contributed by atoms with E-state index in [-0.39, 0.29) is 18.5 Å². The first-order chi connectivity index (χ1) is 6.00. The highest BCUT2D eigenvalue weighted by molar-refractivity contribution is 5.87. The van der Waals surface area contributed by atoms with Crippen LogP contribution in [0.2, 0.25) is 0 Å². The van der Waals surface area contributed by atoms with E-state index in [2.05, 4.69) is 0 Å². The standard InChI is InChI=1S/C9H14O4/c1-4-12-7(10)6-5-13-8(11)9(6,2)3/h6H,4-5H2,1-3H3/t6-/m0/s1. The molecule has 13 heavy (non-hydrogen) atoms. The Morgan fingerprint density at radius 3 is 2.69 bits per heavy atom. The number of carbonyl (C=O) groups excluding carboxylic acids is 2. The van der Waals surface area contributed by atoms with Crippen molar-refractivity contribution in [3.8, 4) is 0 Å². The van der Waals surface area contributed by atoms with Gasteiger partial charge in [0.15, 0.2) is 0 Å². The van der Waals surface area contributed by atoms with E-state index in [1.165, 1.54) is 0 Å². The minimum absolute atomic E-state index is 0.144. The Hall–Kier alpha value is -1.06. The lowest BCUT2D eigenvalue weighted by atomic mass is 9.81. The van der Waals surface area contributed by atoms with Crippen molar-refractivity contribution >= 4 is 11.9 Å². The van der Waals surface area contributed by atoms with Crippen molar-refractivity contribution in [1.82, 2.24) is 0 Å². The summed E-state index contributed by atoms with van der Waals surface area (Å²) < 4.78 is 9.65. The van der Waals surface area contributed by atoms with Crippen LogP contribution in [0.3, 0.4) is 0 Å². The first-order valence-electron chi connectivity index (χ1n) is 4.34. The Kier molecular flexibility index (Phi) is 2.59. The van der Waals surface area contributed by atoms with Crippen LogP contribution in [0, 0.1) is 11.3 Å². The van der Waals surface area contributed by atoms with Crippen molar-refractivity contribution in [2.75, 3.05) is 13.2 Å². The lowest BCUT2D eigenvalue weighted by Crippen LogP contribution is -2.33. The van der Waals surface area contributed by atoms with Crippen molar-refractivity contribution in [2.45, 2.75) is 20.8 Å². The average molecular weight is 186 g/mol. The van der Waals surface area contributed by atoms with Crippen molar-refractivity contribution in [1.29, 1.82) is 0 Å². The van der Waals surface area contributed by atoms with Gasteiger partial charge in [-0.25, -0.2) is 0 Å². The molecule has 4 nitrogen and oxygen atoms in total. The fourth-order valence-corrected chi connectivity index (χ4v) is 1.30. The number of esters is 2. The Balaban J connectivity index is 2.72. The molecule has 74 valence electrons. The quantitative estimate of drug-likeness (QED) is 0.597. The maximum Gasteiger partial charge on any atom is 0.313 e. The number of cyclic esters (lactones) is 1. The topological polar surface area (TPSA) is 52.6 Å². The molecule has 0 aromatic carbocycles. The molecule has 4 heteroatoms. The monoisotopic (exact) mass is 186 g/mol. The molecule has 0 amide bonds. The van der Waals surface area contributed by atoms with E-state index < -0.39 is 11.3 Å². The molecule has 1 aliphatic heterocycles. The SMILES string of the molecule is CCOC(=O)[C@@H]1COC(=O)C1(C)C. The third kappa shape index (κ3) is 1.66. The maximum absolute atomic E-state index is 11.4. The molecule has 0 radical (unpaired) electrons. The van der Waals surface area contributed by atoms with E-state index in [1.807, 2.05) is 0 Å². The molecule has 0 N–H and O–H groups in total. The van der Waals surface area contributed by atoms with Gasteiger partial charge in [-0.05, 0) is 20.8 Å². The molecule has 0 bridgehead atoms. The largest absolute Gasteiger partial charge is 0.466 e. The molecule has 1 fully saturated rings.